The van der Waals surface area contributed by atoms with Crippen LogP contribution in [-0.4, -0.2) is 30.9 Å². The van der Waals surface area contributed by atoms with E-state index < -0.39 is 0 Å². The highest BCUT2D eigenvalue weighted by Crippen LogP contribution is 2.41. The number of nitrogens with zero attached hydrogens (tertiary/aromatic N) is 2. The molecule has 0 amide bonds. The molecule has 3 heterocycles. The maximum Gasteiger partial charge on any atom is 0.274 e. The molecular formula is C16H9N5O2. The zero-order chi connectivity index (χ0) is 15.6. The second-order valence-corrected chi connectivity index (χ2v) is 5.33. The van der Waals surface area contributed by atoms with E-state index in [0.29, 0.717) is 39.2 Å². The van der Waals surface area contributed by atoms with Crippen molar-refractivity contribution in [2.75, 3.05) is 0 Å². The van der Waals surface area contributed by atoms with Gasteiger partial charge < -0.3 is 4.98 Å². The van der Waals surface area contributed by atoms with Crippen LogP contribution < -0.4 is 5.56 Å². The molecule has 110 valence electrons. The molecule has 0 radical (unpaired) electrons. The number of benzene rings is 1. The maximum absolute atomic E-state index is 12.9. The number of rotatable bonds is 1. The van der Waals surface area contributed by atoms with Crippen molar-refractivity contribution >= 4 is 16.8 Å². The number of hydrogen-bond acceptors (Lipinski definition) is 4. The quantitative estimate of drug-likeness (QED) is 0.439. The van der Waals surface area contributed by atoms with Gasteiger partial charge in [0.05, 0.1) is 16.6 Å². The summed E-state index contributed by atoms with van der Waals surface area (Å²) in [6.45, 7) is 0. The molecule has 3 aromatic heterocycles. The molecule has 0 saturated heterocycles. The van der Waals surface area contributed by atoms with Gasteiger partial charge in [-0.25, -0.2) is 9.97 Å². The van der Waals surface area contributed by atoms with Crippen molar-refractivity contribution in [1.29, 1.82) is 0 Å². The zero-order valence-electron chi connectivity index (χ0n) is 11.7. The van der Waals surface area contributed by atoms with E-state index in [2.05, 4.69) is 25.1 Å². The molecule has 3 N–H and O–H groups in total. The smallest absolute Gasteiger partial charge is 0.274 e. The molecule has 4 aromatic rings. The van der Waals surface area contributed by atoms with Gasteiger partial charge in [0.1, 0.15) is 5.82 Å². The van der Waals surface area contributed by atoms with E-state index in [9.17, 15) is 9.59 Å². The molecule has 0 unspecified atom stereocenters. The Labute approximate surface area is 128 Å². The van der Waals surface area contributed by atoms with Gasteiger partial charge in [-0.05, 0) is 0 Å². The first-order valence-electron chi connectivity index (χ1n) is 7.04. The molecule has 0 atom stereocenters. The Balaban J connectivity index is 2.02. The van der Waals surface area contributed by atoms with Crippen LogP contribution in [0.3, 0.4) is 0 Å². The molecule has 1 aliphatic carbocycles. The normalized spacial score (nSPS) is 12.6. The second kappa shape index (κ2) is 4.04. The van der Waals surface area contributed by atoms with Gasteiger partial charge in [-0.2, -0.15) is 0 Å². The van der Waals surface area contributed by atoms with Crippen LogP contribution in [0.5, 0.6) is 0 Å². The number of imidazole rings is 1. The molecule has 1 aromatic carbocycles. The second-order valence-electron chi connectivity index (χ2n) is 5.33. The van der Waals surface area contributed by atoms with Crippen LogP contribution in [0, 0.1) is 0 Å². The lowest BCUT2D eigenvalue weighted by Crippen LogP contribution is -2.06. The van der Waals surface area contributed by atoms with Crippen molar-refractivity contribution in [3.05, 3.63) is 58.1 Å². The van der Waals surface area contributed by atoms with Crippen LogP contribution >= 0.6 is 0 Å². The summed E-state index contributed by atoms with van der Waals surface area (Å²) in [5.41, 5.74) is 2.91. The van der Waals surface area contributed by atoms with Gasteiger partial charge in [0, 0.05) is 29.1 Å². The Hall–Kier alpha value is -3.48. The first-order valence-corrected chi connectivity index (χ1v) is 7.04. The minimum atomic E-state index is -0.328. The van der Waals surface area contributed by atoms with Gasteiger partial charge in [0.25, 0.3) is 5.56 Å². The van der Waals surface area contributed by atoms with Gasteiger partial charge in [-0.15, -0.1) is 0 Å². The summed E-state index contributed by atoms with van der Waals surface area (Å²) in [4.78, 5) is 36.8. The number of aromatic nitrogens is 5. The average Bonchev–Trinajstić information content (AvgIpc) is 3.28. The third kappa shape index (κ3) is 1.43. The number of carbonyl (C=O) groups is 1. The lowest BCUT2D eigenvalue weighted by molar-refractivity contribution is 0.104. The van der Waals surface area contributed by atoms with Crippen molar-refractivity contribution in [2.45, 2.75) is 0 Å². The molecule has 23 heavy (non-hydrogen) atoms. The van der Waals surface area contributed by atoms with Crippen LogP contribution in [0.15, 0.2) is 41.5 Å². The van der Waals surface area contributed by atoms with E-state index in [4.69, 9.17) is 0 Å². The summed E-state index contributed by atoms with van der Waals surface area (Å²) in [5, 5.41) is 5.62. The van der Waals surface area contributed by atoms with Gasteiger partial charge in [0.2, 0.25) is 0 Å². The van der Waals surface area contributed by atoms with Gasteiger partial charge in [0.15, 0.2) is 11.4 Å². The lowest BCUT2D eigenvalue weighted by Gasteiger charge is -2.05. The maximum atomic E-state index is 12.9. The summed E-state index contributed by atoms with van der Waals surface area (Å²) in [5.74, 6) is 0.330. The molecule has 0 spiro atoms. The van der Waals surface area contributed by atoms with E-state index in [1.165, 1.54) is 0 Å². The summed E-state index contributed by atoms with van der Waals surface area (Å²) in [6, 6.07) is 7.30. The Morgan fingerprint density at radius 2 is 1.78 bits per heavy atom. The van der Waals surface area contributed by atoms with Crippen molar-refractivity contribution in [3.63, 3.8) is 0 Å². The van der Waals surface area contributed by atoms with Crippen LogP contribution in [-0.2, 0) is 0 Å². The number of H-pyrrole nitrogens is 3. The van der Waals surface area contributed by atoms with Crippen molar-refractivity contribution < 1.29 is 4.79 Å². The molecule has 0 saturated carbocycles. The number of pyridine rings is 1. The van der Waals surface area contributed by atoms with E-state index in [0.717, 1.165) is 5.56 Å². The van der Waals surface area contributed by atoms with E-state index in [1.807, 2.05) is 18.2 Å². The lowest BCUT2D eigenvalue weighted by atomic mass is 10.0. The van der Waals surface area contributed by atoms with Crippen molar-refractivity contribution in [3.8, 4) is 22.6 Å². The predicted octanol–water partition coefficient (Wildman–Crippen LogP) is 1.85. The monoisotopic (exact) mass is 303 g/mol. The number of aromatic amines is 3. The number of ketones is 1. The summed E-state index contributed by atoms with van der Waals surface area (Å²) in [7, 11) is 0. The van der Waals surface area contributed by atoms with Crippen LogP contribution in [0.2, 0.25) is 0 Å². The van der Waals surface area contributed by atoms with E-state index in [1.54, 1.807) is 18.5 Å². The van der Waals surface area contributed by atoms with Gasteiger partial charge in [-0.3, -0.25) is 19.8 Å². The summed E-state index contributed by atoms with van der Waals surface area (Å²) >= 11 is 0. The Morgan fingerprint density at radius 3 is 2.57 bits per heavy atom. The molecule has 0 fully saturated rings. The molecule has 1 aliphatic rings. The van der Waals surface area contributed by atoms with Crippen molar-refractivity contribution in [2.24, 2.45) is 0 Å². The summed E-state index contributed by atoms with van der Waals surface area (Å²) in [6.07, 6.45) is 3.24. The highest BCUT2D eigenvalue weighted by atomic mass is 16.1. The Kier molecular flexibility index (Phi) is 2.12. The fourth-order valence-electron chi connectivity index (χ4n) is 3.15. The van der Waals surface area contributed by atoms with Crippen LogP contribution in [0.1, 0.15) is 15.9 Å². The van der Waals surface area contributed by atoms with Crippen molar-refractivity contribution in [1.82, 2.24) is 25.1 Å². The highest BCUT2D eigenvalue weighted by Gasteiger charge is 2.34. The highest BCUT2D eigenvalue weighted by molar-refractivity contribution is 6.26. The third-order valence-electron chi connectivity index (χ3n) is 4.11. The third-order valence-corrected chi connectivity index (χ3v) is 4.11. The van der Waals surface area contributed by atoms with Crippen LogP contribution in [0.4, 0.5) is 0 Å². The molecule has 0 aliphatic heterocycles. The topological polar surface area (TPSA) is 107 Å². The molecule has 7 heteroatoms. The zero-order valence-corrected chi connectivity index (χ0v) is 11.7. The molecule has 0 bridgehead atoms. The molecule has 7 nitrogen and oxygen atoms in total. The fourth-order valence-corrected chi connectivity index (χ4v) is 3.15. The van der Waals surface area contributed by atoms with Crippen LogP contribution in [0.25, 0.3) is 33.7 Å². The molecular weight excluding hydrogens is 294 g/mol. The average molecular weight is 303 g/mol. The van der Waals surface area contributed by atoms with E-state index in [-0.39, 0.29) is 11.3 Å². The SMILES string of the molecule is O=C1c2ccccc2-c2nc3[nH][nH]c(=O)c3c(-c3ncc[nH]3)c21. The standard InChI is InChI=1S/C16H9N5O2/c22-13-8-4-2-1-3-7(8)12-10(13)9(14-17-5-6-18-14)11-15(19-12)20-21-16(11)23/h1-6H,(H,17,18)(H2,19,20,21,23). The van der Waals surface area contributed by atoms with Gasteiger partial charge in [-0.1, -0.05) is 24.3 Å². The predicted molar refractivity (Wildman–Crippen MR) is 83.2 cm³/mol. The minimum Gasteiger partial charge on any atom is -0.345 e. The number of fused-ring (bicyclic) bond motifs is 4. The first-order chi connectivity index (χ1) is 11.3. The number of carbonyl (C=O) groups excluding carboxylic acids is 1. The number of nitrogens with one attached hydrogen (secondary N) is 3. The first kappa shape index (κ1) is 12.1. The minimum absolute atomic E-state index is 0.142. The Bertz CT molecular complexity index is 1150. The Morgan fingerprint density at radius 1 is 0.957 bits per heavy atom. The molecule has 5 rings (SSSR count). The summed E-state index contributed by atoms with van der Waals surface area (Å²) < 4.78 is 0. The fraction of sp³-hybridized carbons (Fsp3) is 0. The van der Waals surface area contributed by atoms with E-state index >= 15 is 0 Å². The largest absolute Gasteiger partial charge is 0.345 e. The number of hydrogen-bond donors (Lipinski definition) is 3. The van der Waals surface area contributed by atoms with Gasteiger partial charge >= 0.3 is 0 Å².